The van der Waals surface area contributed by atoms with Gasteiger partial charge >= 0.3 is 0 Å². The van der Waals surface area contributed by atoms with Gasteiger partial charge in [-0.2, -0.15) is 0 Å². The van der Waals surface area contributed by atoms with Gasteiger partial charge in [-0.25, -0.2) is 0 Å². The molecule has 1 unspecified atom stereocenters. The summed E-state index contributed by atoms with van der Waals surface area (Å²) in [6.07, 6.45) is 19.5. The van der Waals surface area contributed by atoms with E-state index >= 15 is 0 Å². The van der Waals surface area contributed by atoms with Gasteiger partial charge in [0.2, 0.25) is 0 Å². The Balaban J connectivity index is 1.31. The first-order valence-corrected chi connectivity index (χ1v) is 27.1. The van der Waals surface area contributed by atoms with Crippen LogP contribution in [0.15, 0.2) is 124 Å². The number of furan rings is 1. The molecule has 0 N–H and O–H groups in total. The molecule has 1 aromatic heterocycles. The minimum absolute atomic E-state index is 0.0268. The molecular formula is C66H80BN3O. The van der Waals surface area contributed by atoms with E-state index in [0.29, 0.717) is 0 Å². The summed E-state index contributed by atoms with van der Waals surface area (Å²) in [5, 5.41) is 0. The van der Waals surface area contributed by atoms with Crippen molar-refractivity contribution in [3.05, 3.63) is 154 Å². The zero-order chi connectivity index (χ0) is 50.5. The number of rotatable bonds is 5. The van der Waals surface area contributed by atoms with E-state index in [9.17, 15) is 0 Å². The van der Waals surface area contributed by atoms with E-state index in [-0.39, 0.29) is 45.2 Å². The average molecular weight is 942 g/mol. The van der Waals surface area contributed by atoms with E-state index in [1.807, 2.05) is 0 Å². The predicted molar refractivity (Wildman–Crippen MR) is 306 cm³/mol. The lowest BCUT2D eigenvalue weighted by molar-refractivity contribution is 0.282. The van der Waals surface area contributed by atoms with Crippen LogP contribution in [0.4, 0.5) is 39.8 Å². The fraction of sp³-hybridized carbons (Fsp3) is 0.455. The summed E-state index contributed by atoms with van der Waals surface area (Å²) in [6.45, 7) is 38.3. The molecule has 4 nitrogen and oxygen atoms in total. The van der Waals surface area contributed by atoms with Crippen molar-refractivity contribution >= 4 is 63.1 Å². The number of allylic oxidation sites excluding steroid dienone is 5. The highest BCUT2D eigenvalue weighted by atomic mass is 16.3. The fourth-order valence-corrected chi connectivity index (χ4v) is 13.3. The molecule has 0 amide bonds. The number of hydrogen-bond donors (Lipinski definition) is 0. The number of nitrogens with zero attached hydrogens (tertiary/aromatic N) is 3. The first-order valence-electron chi connectivity index (χ1n) is 27.1. The molecule has 11 rings (SSSR count). The Morgan fingerprint density at radius 3 is 1.89 bits per heavy atom. The van der Waals surface area contributed by atoms with Gasteiger partial charge in [-0.1, -0.05) is 163 Å². The Morgan fingerprint density at radius 1 is 0.620 bits per heavy atom. The highest BCUT2D eigenvalue weighted by Crippen LogP contribution is 2.57. The first-order chi connectivity index (χ1) is 33.3. The van der Waals surface area contributed by atoms with Crippen LogP contribution in [0.1, 0.15) is 189 Å². The van der Waals surface area contributed by atoms with Gasteiger partial charge in [0, 0.05) is 50.8 Å². The molecule has 0 fully saturated rings. The van der Waals surface area contributed by atoms with Crippen LogP contribution >= 0.6 is 0 Å². The van der Waals surface area contributed by atoms with Crippen molar-refractivity contribution in [1.82, 2.24) is 0 Å². The minimum Gasteiger partial charge on any atom is -0.472 e. The molecule has 3 heterocycles. The Kier molecular flexibility index (Phi) is 10.8. The van der Waals surface area contributed by atoms with Crippen LogP contribution in [0.2, 0.25) is 0 Å². The lowest BCUT2D eigenvalue weighted by atomic mass is 9.35. The Bertz CT molecular complexity index is 3130. The molecule has 0 saturated heterocycles. The zero-order valence-corrected chi connectivity index (χ0v) is 46.2. The molecular weight excluding hydrogens is 862 g/mol. The maximum absolute atomic E-state index is 7.84. The second kappa shape index (κ2) is 16.0. The lowest BCUT2D eigenvalue weighted by Gasteiger charge is -2.46. The smallest absolute Gasteiger partial charge is 0.297 e. The summed E-state index contributed by atoms with van der Waals surface area (Å²) >= 11 is 0. The van der Waals surface area contributed by atoms with Crippen molar-refractivity contribution in [2.45, 2.75) is 194 Å². The molecule has 5 heteroatoms. The molecule has 0 bridgehead atoms. The van der Waals surface area contributed by atoms with E-state index in [1.54, 1.807) is 0 Å². The van der Waals surface area contributed by atoms with Crippen LogP contribution in [0.25, 0.3) is 0 Å². The third-order valence-corrected chi connectivity index (χ3v) is 18.1. The van der Waals surface area contributed by atoms with Gasteiger partial charge in [0.15, 0.2) is 0 Å². The summed E-state index contributed by atoms with van der Waals surface area (Å²) < 4.78 is 7.84. The molecule has 6 aliphatic rings. The van der Waals surface area contributed by atoms with Crippen LogP contribution < -0.4 is 31.3 Å². The SMILES string of the molecule is CC1=CCCC=C1N(c1cc2c3c(c1)N(c1ccc4c(c1)C(C)(C)CCC4(C)C)c1c(oc4c1C(C)(C)CCC4(C)C)B3c1cc(C(C)(C)C)ccc1N2c1ccc(C(C)(C)C)cc1)C1CC=CC=C1C. The molecule has 0 radical (unpaired) electrons. The van der Waals surface area contributed by atoms with Crippen molar-refractivity contribution in [2.75, 3.05) is 14.7 Å². The summed E-state index contributed by atoms with van der Waals surface area (Å²) in [7, 11) is 0. The van der Waals surface area contributed by atoms with Gasteiger partial charge in [-0.15, -0.1) is 0 Å². The summed E-state index contributed by atoms with van der Waals surface area (Å²) in [6, 6.07) is 29.8. The van der Waals surface area contributed by atoms with E-state index in [1.165, 1.54) is 102 Å². The molecule has 1 atom stereocenters. The van der Waals surface area contributed by atoms with E-state index < -0.39 is 0 Å². The van der Waals surface area contributed by atoms with Crippen LogP contribution in [0, 0.1) is 0 Å². The van der Waals surface area contributed by atoms with Crippen molar-refractivity contribution in [1.29, 1.82) is 0 Å². The largest absolute Gasteiger partial charge is 0.472 e. The van der Waals surface area contributed by atoms with E-state index in [4.69, 9.17) is 4.42 Å². The number of fused-ring (bicyclic) bond motifs is 7. The molecule has 4 aromatic carbocycles. The second-order valence-electron chi connectivity index (χ2n) is 27.1. The van der Waals surface area contributed by atoms with Gasteiger partial charge in [0.05, 0.1) is 17.4 Å². The third kappa shape index (κ3) is 7.59. The van der Waals surface area contributed by atoms with Crippen molar-refractivity contribution in [2.24, 2.45) is 0 Å². The highest BCUT2D eigenvalue weighted by molar-refractivity contribution is 6.99. The van der Waals surface area contributed by atoms with Crippen molar-refractivity contribution in [3.8, 4) is 0 Å². The Hall–Kier alpha value is -5.42. The van der Waals surface area contributed by atoms with Gasteiger partial charge in [-0.05, 0) is 167 Å². The fourth-order valence-electron chi connectivity index (χ4n) is 13.3. The van der Waals surface area contributed by atoms with Gasteiger partial charge in [-0.3, -0.25) is 0 Å². The standard InChI is InChI=1S/C66H80BN3O/c1-41-21-17-19-23-51(41)69(52-24-20-18-22-42(52)2)47-39-54-57-55(40-47)70(46-30-31-48-49(38-46)64(11,12)34-33-63(48,9)10)58-56-59(66(15,16)36-35-65(56,13)14)71-60(58)67(57)50-37-44(62(6,7)8)27-32-53(50)68(54)45-28-25-43(26-29-45)61(3,4)5/h17,19,21-22,24-32,37-40,51H,18,20,23,33-36H2,1-16H3. The topological polar surface area (TPSA) is 22.9 Å². The molecule has 368 valence electrons. The monoisotopic (exact) mass is 942 g/mol. The lowest BCUT2D eigenvalue weighted by Crippen LogP contribution is -2.61. The molecule has 0 saturated carbocycles. The second-order valence-corrected chi connectivity index (χ2v) is 27.1. The van der Waals surface area contributed by atoms with Gasteiger partial charge in [0.25, 0.3) is 6.71 Å². The van der Waals surface area contributed by atoms with Crippen LogP contribution in [-0.2, 0) is 32.5 Å². The van der Waals surface area contributed by atoms with Crippen LogP contribution in [0.3, 0.4) is 0 Å². The minimum atomic E-state index is -0.131. The third-order valence-electron chi connectivity index (χ3n) is 18.1. The highest BCUT2D eigenvalue weighted by Gasteiger charge is 2.53. The molecule has 4 aliphatic carbocycles. The molecule has 71 heavy (non-hydrogen) atoms. The zero-order valence-electron chi connectivity index (χ0n) is 46.2. The van der Waals surface area contributed by atoms with Crippen LogP contribution in [0.5, 0.6) is 0 Å². The number of anilines is 7. The van der Waals surface area contributed by atoms with E-state index in [0.717, 1.165) is 49.9 Å². The first kappa shape index (κ1) is 47.9. The van der Waals surface area contributed by atoms with E-state index in [2.05, 4.69) is 229 Å². The van der Waals surface area contributed by atoms with Crippen molar-refractivity contribution in [3.63, 3.8) is 0 Å². The Labute approximate surface area is 428 Å². The molecule has 2 aliphatic heterocycles. The predicted octanol–water partition coefficient (Wildman–Crippen LogP) is 16.4. The number of benzene rings is 4. The summed E-state index contributed by atoms with van der Waals surface area (Å²) in [4.78, 5) is 8.05. The normalized spacial score (nSPS) is 21.3. The van der Waals surface area contributed by atoms with Crippen LogP contribution in [-0.4, -0.2) is 12.8 Å². The number of hydrogen-bond acceptors (Lipinski definition) is 4. The summed E-state index contributed by atoms with van der Waals surface area (Å²) in [5.74, 6) is 1.16. The quantitative estimate of drug-likeness (QED) is 0.160. The Morgan fingerprint density at radius 2 is 1.23 bits per heavy atom. The molecule has 0 spiro atoms. The average Bonchev–Trinajstić information content (AvgIpc) is 3.73. The molecule has 5 aromatic rings. The maximum atomic E-state index is 7.84. The maximum Gasteiger partial charge on any atom is 0.297 e. The van der Waals surface area contributed by atoms with Crippen molar-refractivity contribution < 1.29 is 4.42 Å². The van der Waals surface area contributed by atoms with Gasteiger partial charge < -0.3 is 19.1 Å². The summed E-state index contributed by atoms with van der Waals surface area (Å²) in [5.41, 5.74) is 23.2. The van der Waals surface area contributed by atoms with Gasteiger partial charge in [0.1, 0.15) is 5.76 Å².